The summed E-state index contributed by atoms with van der Waals surface area (Å²) in [6.07, 6.45) is 0.392. The van der Waals surface area contributed by atoms with Gasteiger partial charge in [-0.3, -0.25) is 4.79 Å². The topological polar surface area (TPSA) is 55.6 Å². The van der Waals surface area contributed by atoms with Crippen LogP contribution in [0.2, 0.25) is 0 Å². The lowest BCUT2D eigenvalue weighted by molar-refractivity contribution is -0.119. The maximum absolute atomic E-state index is 12.0. The van der Waals surface area contributed by atoms with E-state index in [4.69, 9.17) is 10.5 Å². The number of nitrogens with two attached hydrogens (primary N) is 1. The van der Waals surface area contributed by atoms with Crippen LogP contribution in [0.3, 0.4) is 0 Å². The van der Waals surface area contributed by atoms with Crippen molar-refractivity contribution in [1.82, 2.24) is 0 Å². The second-order valence-corrected chi connectivity index (χ2v) is 3.62. The molecule has 0 atom stereocenters. The van der Waals surface area contributed by atoms with E-state index >= 15 is 0 Å². The number of carbonyl (C=O) groups is 1. The Morgan fingerprint density at radius 2 is 2.00 bits per heavy atom. The van der Waals surface area contributed by atoms with E-state index in [-0.39, 0.29) is 5.91 Å². The first-order valence-corrected chi connectivity index (χ1v) is 5.92. The molecule has 4 nitrogen and oxygen atoms in total. The lowest BCUT2D eigenvalue weighted by Crippen LogP contribution is -2.31. The largest absolute Gasteiger partial charge is 0.380 e. The lowest BCUT2D eigenvalue weighted by Gasteiger charge is -2.20. The van der Waals surface area contributed by atoms with E-state index in [2.05, 4.69) is 0 Å². The molecule has 1 rings (SSSR count). The number of benzene rings is 1. The Hall–Kier alpha value is -1.39. The summed E-state index contributed by atoms with van der Waals surface area (Å²) in [6.45, 7) is 4.06. The third-order valence-corrected chi connectivity index (χ3v) is 2.41. The van der Waals surface area contributed by atoms with Gasteiger partial charge < -0.3 is 15.4 Å². The van der Waals surface area contributed by atoms with E-state index < -0.39 is 0 Å². The maximum Gasteiger partial charge on any atom is 0.229 e. The first-order valence-electron chi connectivity index (χ1n) is 5.92. The zero-order valence-corrected chi connectivity index (χ0v) is 10.3. The standard InChI is InChI=1S/C13H20N2O2/c1-2-15(12-6-4-3-5-7-12)13(16)8-10-17-11-9-14/h3-7H,2,8-11,14H2,1H3. The van der Waals surface area contributed by atoms with Crippen molar-refractivity contribution in [3.8, 4) is 0 Å². The van der Waals surface area contributed by atoms with Crippen molar-refractivity contribution in [3.05, 3.63) is 30.3 Å². The van der Waals surface area contributed by atoms with E-state index in [1.807, 2.05) is 37.3 Å². The van der Waals surface area contributed by atoms with E-state index in [0.717, 1.165) is 5.69 Å². The van der Waals surface area contributed by atoms with Gasteiger partial charge in [-0.25, -0.2) is 0 Å². The monoisotopic (exact) mass is 236 g/mol. The van der Waals surface area contributed by atoms with Crippen molar-refractivity contribution >= 4 is 11.6 Å². The van der Waals surface area contributed by atoms with Gasteiger partial charge in [0.15, 0.2) is 0 Å². The summed E-state index contributed by atoms with van der Waals surface area (Å²) in [6, 6.07) is 9.66. The highest BCUT2D eigenvalue weighted by Crippen LogP contribution is 2.13. The van der Waals surface area contributed by atoms with Crippen LogP contribution in [0.1, 0.15) is 13.3 Å². The number of hydrogen-bond donors (Lipinski definition) is 1. The summed E-state index contributed by atoms with van der Waals surface area (Å²) < 4.78 is 5.21. The number of carbonyl (C=O) groups excluding carboxylic acids is 1. The third-order valence-electron chi connectivity index (χ3n) is 2.41. The molecule has 0 fully saturated rings. The minimum absolute atomic E-state index is 0.0794. The Kier molecular flexibility index (Phi) is 6.29. The van der Waals surface area contributed by atoms with Crippen molar-refractivity contribution in [3.63, 3.8) is 0 Å². The van der Waals surface area contributed by atoms with Gasteiger partial charge in [-0.1, -0.05) is 18.2 Å². The van der Waals surface area contributed by atoms with Crippen LogP contribution in [-0.4, -0.2) is 32.2 Å². The van der Waals surface area contributed by atoms with Gasteiger partial charge in [0, 0.05) is 18.8 Å². The molecule has 94 valence electrons. The van der Waals surface area contributed by atoms with Crippen LogP contribution in [0.4, 0.5) is 5.69 Å². The van der Waals surface area contributed by atoms with Gasteiger partial charge in [0.05, 0.1) is 19.6 Å². The molecule has 0 unspecified atom stereocenters. The molecule has 1 aromatic carbocycles. The Morgan fingerprint density at radius 3 is 2.59 bits per heavy atom. The second-order valence-electron chi connectivity index (χ2n) is 3.62. The normalized spacial score (nSPS) is 10.2. The Bertz CT molecular complexity index is 327. The number of nitrogens with zero attached hydrogens (tertiary/aromatic N) is 1. The molecular formula is C13H20N2O2. The van der Waals surface area contributed by atoms with Crippen molar-refractivity contribution in [2.24, 2.45) is 5.73 Å². The minimum Gasteiger partial charge on any atom is -0.380 e. The van der Waals surface area contributed by atoms with E-state index in [9.17, 15) is 4.79 Å². The third kappa shape index (κ3) is 4.54. The van der Waals surface area contributed by atoms with Gasteiger partial charge in [-0.2, -0.15) is 0 Å². The molecule has 1 aromatic rings. The van der Waals surface area contributed by atoms with E-state index in [1.54, 1.807) is 4.90 Å². The van der Waals surface area contributed by atoms with Crippen molar-refractivity contribution < 1.29 is 9.53 Å². The number of para-hydroxylation sites is 1. The summed E-state index contributed by atoms with van der Waals surface area (Å²) in [5.41, 5.74) is 6.23. The summed E-state index contributed by atoms with van der Waals surface area (Å²) in [4.78, 5) is 13.7. The maximum atomic E-state index is 12.0. The van der Waals surface area contributed by atoms with Crippen LogP contribution < -0.4 is 10.6 Å². The lowest BCUT2D eigenvalue weighted by atomic mass is 10.2. The number of hydrogen-bond acceptors (Lipinski definition) is 3. The van der Waals surface area contributed by atoms with E-state index in [1.165, 1.54) is 0 Å². The Balaban J connectivity index is 2.48. The average molecular weight is 236 g/mol. The van der Waals surface area contributed by atoms with E-state index in [0.29, 0.717) is 32.7 Å². The van der Waals surface area contributed by atoms with Gasteiger partial charge >= 0.3 is 0 Å². The zero-order valence-electron chi connectivity index (χ0n) is 10.3. The predicted octanol–water partition coefficient (Wildman–Crippen LogP) is 1.40. The molecule has 4 heteroatoms. The predicted molar refractivity (Wildman–Crippen MR) is 69.0 cm³/mol. The second kappa shape index (κ2) is 7.81. The van der Waals surface area contributed by atoms with Crippen LogP contribution in [0.5, 0.6) is 0 Å². The molecule has 0 aliphatic rings. The minimum atomic E-state index is 0.0794. The summed E-state index contributed by atoms with van der Waals surface area (Å²) in [7, 11) is 0. The highest BCUT2D eigenvalue weighted by molar-refractivity contribution is 5.93. The van der Waals surface area contributed by atoms with Crippen LogP contribution >= 0.6 is 0 Å². The van der Waals surface area contributed by atoms with Gasteiger partial charge in [-0.15, -0.1) is 0 Å². The van der Waals surface area contributed by atoms with Gasteiger partial charge in [0.25, 0.3) is 0 Å². The van der Waals surface area contributed by atoms with Gasteiger partial charge in [0.1, 0.15) is 0 Å². The number of ether oxygens (including phenoxy) is 1. The summed E-state index contributed by atoms with van der Waals surface area (Å²) >= 11 is 0. The van der Waals surface area contributed by atoms with Crippen LogP contribution in [-0.2, 0) is 9.53 Å². The summed E-state index contributed by atoms with van der Waals surface area (Å²) in [5.74, 6) is 0.0794. The van der Waals surface area contributed by atoms with Crippen molar-refractivity contribution in [1.29, 1.82) is 0 Å². The molecule has 0 spiro atoms. The Morgan fingerprint density at radius 1 is 1.29 bits per heavy atom. The molecular weight excluding hydrogens is 216 g/mol. The van der Waals surface area contributed by atoms with Crippen LogP contribution in [0.15, 0.2) is 30.3 Å². The Labute approximate surface area is 102 Å². The molecule has 2 N–H and O–H groups in total. The highest BCUT2D eigenvalue weighted by atomic mass is 16.5. The molecule has 0 aliphatic heterocycles. The number of anilines is 1. The van der Waals surface area contributed by atoms with Crippen LogP contribution in [0.25, 0.3) is 0 Å². The first-order chi connectivity index (χ1) is 8.29. The van der Waals surface area contributed by atoms with Gasteiger partial charge in [-0.05, 0) is 19.1 Å². The first kappa shape index (κ1) is 13.7. The number of rotatable bonds is 7. The average Bonchev–Trinajstić information content (AvgIpc) is 2.37. The van der Waals surface area contributed by atoms with Crippen LogP contribution in [0, 0.1) is 0 Å². The molecule has 17 heavy (non-hydrogen) atoms. The molecule has 0 heterocycles. The molecule has 0 saturated carbocycles. The molecule has 0 saturated heterocycles. The number of amides is 1. The van der Waals surface area contributed by atoms with Crippen molar-refractivity contribution in [2.75, 3.05) is 31.2 Å². The fourth-order valence-corrected chi connectivity index (χ4v) is 1.59. The molecule has 0 aliphatic carbocycles. The fraction of sp³-hybridized carbons (Fsp3) is 0.462. The molecule has 0 radical (unpaired) electrons. The molecule has 0 bridgehead atoms. The zero-order chi connectivity index (χ0) is 12.5. The molecule has 0 aromatic heterocycles. The van der Waals surface area contributed by atoms with Gasteiger partial charge in [0.2, 0.25) is 5.91 Å². The quantitative estimate of drug-likeness (QED) is 0.728. The molecule has 1 amide bonds. The smallest absolute Gasteiger partial charge is 0.229 e. The van der Waals surface area contributed by atoms with Crippen molar-refractivity contribution in [2.45, 2.75) is 13.3 Å². The summed E-state index contributed by atoms with van der Waals surface area (Å²) in [5, 5.41) is 0. The fourth-order valence-electron chi connectivity index (χ4n) is 1.59. The highest BCUT2D eigenvalue weighted by Gasteiger charge is 2.12. The SMILES string of the molecule is CCN(C(=O)CCOCCN)c1ccccc1.